The third-order valence-corrected chi connectivity index (χ3v) is 1.76. The zero-order valence-electron chi connectivity index (χ0n) is 3.57. The van der Waals surface area contributed by atoms with Crippen LogP contribution in [0, 0.1) is 0 Å². The maximum absolute atomic E-state index is 10.3. The Labute approximate surface area is 41.1 Å². The third kappa shape index (κ3) is 1.13. The van der Waals surface area contributed by atoms with Crippen molar-refractivity contribution >= 4 is 7.60 Å². The van der Waals surface area contributed by atoms with Crippen LogP contribution in [-0.4, -0.2) is 11.5 Å². The van der Waals surface area contributed by atoms with Gasteiger partial charge in [-0.3, -0.25) is 4.57 Å². The SMILES string of the molecule is O=P1(O)C=CCO1. The summed E-state index contributed by atoms with van der Waals surface area (Å²) in [7, 11) is -3.22. The molecular weight excluding hydrogens is 115 g/mol. The standard InChI is InChI=1S/C3H5O3P/c4-7(5)3-1-2-6-7/h1,3H,2H2,(H,4,5). The lowest BCUT2D eigenvalue weighted by atomic mass is 10.7. The number of hydrogen-bond donors (Lipinski definition) is 1. The van der Waals surface area contributed by atoms with Gasteiger partial charge >= 0.3 is 7.60 Å². The maximum Gasteiger partial charge on any atom is 0.351 e. The molecule has 0 radical (unpaired) electrons. The highest BCUT2D eigenvalue weighted by Gasteiger charge is 2.17. The highest BCUT2D eigenvalue weighted by Crippen LogP contribution is 2.46. The van der Waals surface area contributed by atoms with Crippen LogP contribution >= 0.6 is 7.60 Å². The molecule has 0 saturated heterocycles. The van der Waals surface area contributed by atoms with E-state index in [2.05, 4.69) is 4.52 Å². The van der Waals surface area contributed by atoms with Gasteiger partial charge in [-0.15, -0.1) is 0 Å². The molecular formula is C3H5O3P. The van der Waals surface area contributed by atoms with E-state index in [0.29, 0.717) is 0 Å². The Hall–Kier alpha value is -0.110. The Bertz CT molecular complexity index is 139. The van der Waals surface area contributed by atoms with Crippen molar-refractivity contribution in [3.63, 3.8) is 0 Å². The molecule has 1 heterocycles. The van der Waals surface area contributed by atoms with E-state index in [-0.39, 0.29) is 6.61 Å². The first-order valence-corrected chi connectivity index (χ1v) is 3.50. The third-order valence-electron chi connectivity index (χ3n) is 0.650. The maximum atomic E-state index is 10.3. The minimum absolute atomic E-state index is 0.272. The fourth-order valence-corrected chi connectivity index (χ4v) is 1.11. The van der Waals surface area contributed by atoms with Crippen LogP contribution < -0.4 is 0 Å². The van der Waals surface area contributed by atoms with Crippen molar-refractivity contribution in [3.05, 3.63) is 11.9 Å². The van der Waals surface area contributed by atoms with Crippen molar-refractivity contribution in [2.45, 2.75) is 0 Å². The molecule has 0 saturated carbocycles. The van der Waals surface area contributed by atoms with Gasteiger partial charge in [0.2, 0.25) is 0 Å². The van der Waals surface area contributed by atoms with Crippen molar-refractivity contribution in [2.24, 2.45) is 0 Å². The average molecular weight is 120 g/mol. The molecule has 1 aliphatic heterocycles. The van der Waals surface area contributed by atoms with E-state index in [1.54, 1.807) is 0 Å². The average Bonchev–Trinajstić information content (AvgIpc) is 1.84. The minimum atomic E-state index is -3.22. The van der Waals surface area contributed by atoms with E-state index in [4.69, 9.17) is 4.89 Å². The quantitative estimate of drug-likeness (QED) is 0.479. The molecule has 0 spiro atoms. The molecule has 1 atom stereocenters. The Morgan fingerprint density at radius 3 is 2.71 bits per heavy atom. The summed E-state index contributed by atoms with van der Waals surface area (Å²) in [6, 6.07) is 0. The number of rotatable bonds is 0. The molecule has 1 aliphatic rings. The van der Waals surface area contributed by atoms with Gasteiger partial charge in [0.25, 0.3) is 0 Å². The van der Waals surface area contributed by atoms with E-state index in [1.165, 1.54) is 11.9 Å². The molecule has 0 aromatic carbocycles. The minimum Gasteiger partial charge on any atom is -0.321 e. The van der Waals surface area contributed by atoms with Crippen molar-refractivity contribution in [1.82, 2.24) is 0 Å². The Morgan fingerprint density at radius 1 is 1.86 bits per heavy atom. The molecule has 1 N–H and O–H groups in total. The molecule has 0 bridgehead atoms. The smallest absolute Gasteiger partial charge is 0.321 e. The van der Waals surface area contributed by atoms with Gasteiger partial charge < -0.3 is 9.42 Å². The van der Waals surface area contributed by atoms with Crippen molar-refractivity contribution in [1.29, 1.82) is 0 Å². The van der Waals surface area contributed by atoms with E-state index in [9.17, 15) is 4.57 Å². The molecule has 0 amide bonds. The molecule has 4 heteroatoms. The molecule has 0 fully saturated rings. The van der Waals surface area contributed by atoms with Crippen LogP contribution in [-0.2, 0) is 9.09 Å². The van der Waals surface area contributed by atoms with E-state index < -0.39 is 7.60 Å². The summed E-state index contributed by atoms with van der Waals surface area (Å²) in [5.74, 6) is 1.19. The lowest BCUT2D eigenvalue weighted by Crippen LogP contribution is -1.74. The monoisotopic (exact) mass is 120 g/mol. The van der Waals surface area contributed by atoms with Gasteiger partial charge in [-0.05, 0) is 0 Å². The zero-order valence-corrected chi connectivity index (χ0v) is 4.47. The summed E-state index contributed by atoms with van der Waals surface area (Å²) in [4.78, 5) is 8.44. The van der Waals surface area contributed by atoms with E-state index in [0.717, 1.165) is 0 Å². The first kappa shape index (κ1) is 5.04. The molecule has 1 rings (SSSR count). The van der Waals surface area contributed by atoms with E-state index >= 15 is 0 Å². The van der Waals surface area contributed by atoms with Crippen LogP contribution in [0.3, 0.4) is 0 Å². The van der Waals surface area contributed by atoms with Gasteiger partial charge in [0, 0.05) is 5.82 Å². The van der Waals surface area contributed by atoms with Gasteiger partial charge in [0.05, 0.1) is 6.61 Å². The van der Waals surface area contributed by atoms with Crippen molar-refractivity contribution in [3.8, 4) is 0 Å². The van der Waals surface area contributed by atoms with Crippen LogP contribution in [0.25, 0.3) is 0 Å². The predicted molar refractivity (Wildman–Crippen MR) is 24.9 cm³/mol. The largest absolute Gasteiger partial charge is 0.351 e. The topological polar surface area (TPSA) is 46.5 Å². The van der Waals surface area contributed by atoms with Gasteiger partial charge in [0.1, 0.15) is 0 Å². The normalized spacial score (nSPS) is 39.6. The van der Waals surface area contributed by atoms with Gasteiger partial charge in [-0.2, -0.15) is 0 Å². The van der Waals surface area contributed by atoms with Crippen molar-refractivity contribution in [2.75, 3.05) is 6.61 Å². The van der Waals surface area contributed by atoms with Crippen molar-refractivity contribution < 1.29 is 14.0 Å². The van der Waals surface area contributed by atoms with E-state index in [1.807, 2.05) is 0 Å². The summed E-state index contributed by atoms with van der Waals surface area (Å²) in [6.45, 7) is 0.272. The van der Waals surface area contributed by atoms with Gasteiger partial charge in [0.15, 0.2) is 0 Å². The fourth-order valence-electron chi connectivity index (χ4n) is 0.369. The zero-order chi connectivity index (χ0) is 5.33. The summed E-state index contributed by atoms with van der Waals surface area (Å²) in [5.41, 5.74) is 0. The van der Waals surface area contributed by atoms with Gasteiger partial charge in [-0.25, -0.2) is 0 Å². The predicted octanol–water partition coefficient (Wildman–Crippen LogP) is 0.716. The summed E-state index contributed by atoms with van der Waals surface area (Å²) < 4.78 is 14.6. The Morgan fingerprint density at radius 2 is 2.57 bits per heavy atom. The van der Waals surface area contributed by atoms with Crippen LogP contribution in [0.15, 0.2) is 11.9 Å². The van der Waals surface area contributed by atoms with Crippen LogP contribution in [0.4, 0.5) is 0 Å². The van der Waals surface area contributed by atoms with Crippen LogP contribution in [0.1, 0.15) is 0 Å². The molecule has 0 aliphatic carbocycles. The van der Waals surface area contributed by atoms with Gasteiger partial charge in [-0.1, -0.05) is 6.08 Å². The summed E-state index contributed by atoms with van der Waals surface area (Å²) in [6.07, 6.45) is 1.53. The summed E-state index contributed by atoms with van der Waals surface area (Å²) in [5, 5.41) is 0. The second-order valence-corrected chi connectivity index (χ2v) is 2.93. The fraction of sp³-hybridized carbons (Fsp3) is 0.333. The molecule has 1 unspecified atom stereocenters. The second kappa shape index (κ2) is 1.44. The number of hydrogen-bond acceptors (Lipinski definition) is 2. The molecule has 3 nitrogen and oxygen atoms in total. The Kier molecular flexibility index (Phi) is 1.04. The summed E-state index contributed by atoms with van der Waals surface area (Å²) >= 11 is 0. The Balaban J connectivity index is 2.77. The highest BCUT2D eigenvalue weighted by molar-refractivity contribution is 7.56. The molecule has 7 heavy (non-hydrogen) atoms. The molecule has 0 aromatic rings. The lowest BCUT2D eigenvalue weighted by molar-refractivity contribution is 0.308. The lowest BCUT2D eigenvalue weighted by Gasteiger charge is -1.94. The highest BCUT2D eigenvalue weighted by atomic mass is 31.2. The molecule has 0 aromatic heterocycles. The van der Waals surface area contributed by atoms with Crippen LogP contribution in [0.2, 0.25) is 0 Å². The second-order valence-electron chi connectivity index (χ2n) is 1.24. The van der Waals surface area contributed by atoms with Crippen LogP contribution in [0.5, 0.6) is 0 Å². The first-order valence-electron chi connectivity index (χ1n) is 1.85. The molecule has 40 valence electrons. The first-order chi connectivity index (χ1) is 3.21.